The molecule has 0 radical (unpaired) electrons. The van der Waals surface area contributed by atoms with Crippen LogP contribution in [0.15, 0.2) is 84.9 Å². The lowest BCUT2D eigenvalue weighted by atomic mass is 9.83. The summed E-state index contributed by atoms with van der Waals surface area (Å²) in [7, 11) is -5.62. The highest BCUT2D eigenvalue weighted by molar-refractivity contribution is 6.81. The van der Waals surface area contributed by atoms with Crippen molar-refractivity contribution in [1.29, 1.82) is 0 Å². The lowest BCUT2D eigenvalue weighted by Gasteiger charge is -2.31. The van der Waals surface area contributed by atoms with Crippen LogP contribution in [0.25, 0.3) is 64.6 Å². The minimum Gasteiger partial charge on any atom is -0.0678 e. The van der Waals surface area contributed by atoms with Gasteiger partial charge in [-0.2, -0.15) is 0 Å². The van der Waals surface area contributed by atoms with Gasteiger partial charge in [0, 0.05) is 0 Å². The number of fused-ring (bicyclic) bond motifs is 6. The first-order valence-electron chi connectivity index (χ1n) is 27.7. The number of hydrogen-bond acceptors (Lipinski definition) is 0. The third-order valence-corrected chi connectivity index (χ3v) is 43.4. The third kappa shape index (κ3) is 9.62. The number of hydrogen-bond donors (Lipinski definition) is 0. The summed E-state index contributed by atoms with van der Waals surface area (Å²) in [6.07, 6.45) is 4.80. The first-order chi connectivity index (χ1) is 32.0. The van der Waals surface area contributed by atoms with E-state index in [-0.39, 0.29) is 0 Å². The standard InChI is InChI=1S/C62H90Si4/c1-13-63(14-2,15-3)37-33-51-55-41-47-29-25-26-30-48(47)42-56(55)52(34-38-64(16-4,17-5)18-6)60-46-62-54(36-40-66(22-10,23-11)24-12)58-44-50-32-28-27-31-49(50)43-57(58)53(61(62)45-59(51)60)35-39-65(19-7,20-8)21-9/h25-32,41-46H,13-24,33-40H2,1-12H3. The van der Waals surface area contributed by atoms with Crippen molar-refractivity contribution in [1.82, 2.24) is 0 Å². The highest BCUT2D eigenvalue weighted by atomic mass is 28.3. The molecule has 4 heteroatoms. The molecule has 0 aliphatic rings. The Bertz CT molecular complexity index is 2350. The first-order valence-corrected chi connectivity index (χ1v) is 39.0. The fraction of sp³-hybridized carbons (Fsp3) is 0.516. The quantitative estimate of drug-likeness (QED) is 0.0418. The summed E-state index contributed by atoms with van der Waals surface area (Å²) in [6.45, 7) is 30.2. The van der Waals surface area contributed by atoms with Crippen LogP contribution in [0.2, 0.25) is 96.7 Å². The van der Waals surface area contributed by atoms with Crippen molar-refractivity contribution in [2.75, 3.05) is 0 Å². The molecule has 0 saturated carbocycles. The first kappa shape index (κ1) is 50.8. The molecule has 0 saturated heterocycles. The third-order valence-electron chi connectivity index (χ3n) is 20.2. The highest BCUT2D eigenvalue weighted by Crippen LogP contribution is 2.46. The summed E-state index contributed by atoms with van der Waals surface area (Å²) in [5, 5.41) is 18.2. The van der Waals surface area contributed by atoms with E-state index in [0.29, 0.717) is 0 Å². The molecule has 0 heterocycles. The Morgan fingerprint density at radius 2 is 0.409 bits per heavy atom. The molecule has 0 spiro atoms. The van der Waals surface area contributed by atoms with E-state index in [0.717, 1.165) is 0 Å². The average Bonchev–Trinajstić information content (AvgIpc) is 3.37. The van der Waals surface area contributed by atoms with E-state index in [1.165, 1.54) is 144 Å². The number of rotatable bonds is 24. The minimum atomic E-state index is -1.41. The Hall–Kier alpha value is -3.03. The molecule has 354 valence electrons. The van der Waals surface area contributed by atoms with E-state index < -0.39 is 32.3 Å². The summed E-state index contributed by atoms with van der Waals surface area (Å²) >= 11 is 0. The Morgan fingerprint density at radius 1 is 0.242 bits per heavy atom. The molecular formula is C62H90Si4. The van der Waals surface area contributed by atoms with E-state index in [9.17, 15) is 0 Å². The molecule has 7 aromatic carbocycles. The highest BCUT2D eigenvalue weighted by Gasteiger charge is 2.32. The van der Waals surface area contributed by atoms with Gasteiger partial charge in [0.05, 0.1) is 32.3 Å². The Morgan fingerprint density at radius 3 is 0.576 bits per heavy atom. The molecule has 0 unspecified atom stereocenters. The normalized spacial score (nSPS) is 13.2. The molecule has 0 aromatic heterocycles. The van der Waals surface area contributed by atoms with Crippen molar-refractivity contribution in [2.45, 2.75) is 205 Å². The fourth-order valence-electron chi connectivity index (χ4n) is 13.4. The van der Waals surface area contributed by atoms with Crippen molar-refractivity contribution in [3.63, 3.8) is 0 Å². The summed E-state index contributed by atoms with van der Waals surface area (Å²) < 4.78 is 0. The van der Waals surface area contributed by atoms with E-state index in [1.54, 1.807) is 65.3 Å². The van der Waals surface area contributed by atoms with Gasteiger partial charge in [0.25, 0.3) is 0 Å². The van der Waals surface area contributed by atoms with Gasteiger partial charge in [-0.25, -0.2) is 0 Å². The van der Waals surface area contributed by atoms with Gasteiger partial charge in [0.15, 0.2) is 0 Å². The van der Waals surface area contributed by atoms with Gasteiger partial charge >= 0.3 is 0 Å². The molecule has 7 rings (SSSR count). The van der Waals surface area contributed by atoms with Crippen LogP contribution in [0.1, 0.15) is 105 Å². The van der Waals surface area contributed by atoms with E-state index >= 15 is 0 Å². The fourth-order valence-corrected chi connectivity index (χ4v) is 26.8. The van der Waals surface area contributed by atoms with Crippen molar-refractivity contribution in [3.8, 4) is 0 Å². The largest absolute Gasteiger partial charge is 0.0678 e. The van der Waals surface area contributed by atoms with Crippen LogP contribution in [0, 0.1) is 0 Å². The molecule has 0 aliphatic heterocycles. The second kappa shape index (κ2) is 21.7. The molecule has 0 bridgehead atoms. The van der Waals surface area contributed by atoms with Crippen LogP contribution in [-0.4, -0.2) is 32.3 Å². The van der Waals surface area contributed by atoms with Gasteiger partial charge in [-0.1, -0.05) is 228 Å². The van der Waals surface area contributed by atoms with Crippen molar-refractivity contribution in [2.24, 2.45) is 0 Å². The van der Waals surface area contributed by atoms with E-state index in [2.05, 4.69) is 168 Å². The molecular weight excluding hydrogens is 857 g/mol. The second-order valence-electron chi connectivity index (χ2n) is 21.6. The Labute approximate surface area is 407 Å². The number of benzene rings is 7. The van der Waals surface area contributed by atoms with Gasteiger partial charge in [0.2, 0.25) is 0 Å². The second-order valence-corrected chi connectivity index (χ2v) is 44.1. The smallest absolute Gasteiger partial charge is 0.0530 e. The average molecular weight is 948 g/mol. The lowest BCUT2D eigenvalue weighted by molar-refractivity contribution is 1.02. The molecule has 0 amide bonds. The Balaban J connectivity index is 1.69. The summed E-state index contributed by atoms with van der Waals surface area (Å²) in [5.41, 5.74) is 6.64. The molecule has 66 heavy (non-hydrogen) atoms. The monoisotopic (exact) mass is 947 g/mol. The minimum absolute atomic E-state index is 1.20. The maximum Gasteiger partial charge on any atom is 0.0530 e. The van der Waals surface area contributed by atoms with Crippen LogP contribution in [-0.2, 0) is 25.7 Å². The molecule has 7 aromatic rings. The summed E-state index contributed by atoms with van der Waals surface area (Å²) in [6, 6.07) is 57.1. The lowest BCUT2D eigenvalue weighted by Crippen LogP contribution is -2.32. The topological polar surface area (TPSA) is 0 Å². The zero-order chi connectivity index (χ0) is 47.3. The zero-order valence-corrected chi connectivity index (χ0v) is 48.2. The van der Waals surface area contributed by atoms with Crippen LogP contribution in [0.4, 0.5) is 0 Å². The zero-order valence-electron chi connectivity index (χ0n) is 44.2. The van der Waals surface area contributed by atoms with Gasteiger partial charge in [-0.05, 0) is 149 Å². The number of aryl methyl sites for hydroxylation is 4. The van der Waals surface area contributed by atoms with Crippen molar-refractivity contribution in [3.05, 3.63) is 107 Å². The van der Waals surface area contributed by atoms with Crippen LogP contribution in [0.5, 0.6) is 0 Å². The van der Waals surface area contributed by atoms with Crippen molar-refractivity contribution < 1.29 is 0 Å². The van der Waals surface area contributed by atoms with Crippen LogP contribution in [0.3, 0.4) is 0 Å². The summed E-state index contributed by atoms with van der Waals surface area (Å²) in [4.78, 5) is 0. The molecule has 0 nitrogen and oxygen atoms in total. The maximum absolute atomic E-state index is 2.86. The van der Waals surface area contributed by atoms with Gasteiger partial charge in [0.1, 0.15) is 0 Å². The SMILES string of the molecule is CC[Si](CC)(CC)CCc1c2cc3ccccc3cc2c(CC[Si](CC)(CC)CC)c2cc3c(CC[Si](CC)(CC)CC)c4cc5ccccc5cc4c(CC[Si](CC)(CC)CC)c3cc12. The van der Waals surface area contributed by atoms with Gasteiger partial charge < -0.3 is 0 Å². The van der Waals surface area contributed by atoms with Crippen LogP contribution < -0.4 is 0 Å². The Kier molecular flexibility index (Phi) is 16.7. The molecule has 0 N–H and O–H groups in total. The predicted molar refractivity (Wildman–Crippen MR) is 314 cm³/mol. The summed E-state index contributed by atoms with van der Waals surface area (Å²) in [5.74, 6) is 0. The van der Waals surface area contributed by atoms with Gasteiger partial charge in [-0.15, -0.1) is 0 Å². The van der Waals surface area contributed by atoms with Crippen molar-refractivity contribution >= 4 is 96.9 Å². The van der Waals surface area contributed by atoms with E-state index in [1.807, 2.05) is 0 Å². The van der Waals surface area contributed by atoms with Gasteiger partial charge in [-0.3, -0.25) is 0 Å². The molecule has 0 fully saturated rings. The van der Waals surface area contributed by atoms with E-state index in [4.69, 9.17) is 0 Å². The van der Waals surface area contributed by atoms with Crippen LogP contribution >= 0.6 is 0 Å². The molecule has 0 atom stereocenters. The molecule has 0 aliphatic carbocycles. The predicted octanol–water partition coefficient (Wildman–Crippen LogP) is 20.8. The maximum atomic E-state index is 2.86.